The van der Waals surface area contributed by atoms with Gasteiger partial charge in [-0.15, -0.1) is 0 Å². The summed E-state index contributed by atoms with van der Waals surface area (Å²) in [6.45, 7) is 3.58. The number of aryl methyl sites for hydroxylation is 2. The number of fused-ring (bicyclic) bond motifs is 1. The van der Waals surface area contributed by atoms with E-state index in [1.165, 1.54) is 4.52 Å². The van der Waals surface area contributed by atoms with E-state index in [1.54, 1.807) is 31.2 Å². The number of aromatic nitrogens is 4. The fourth-order valence-corrected chi connectivity index (χ4v) is 3.76. The minimum atomic E-state index is -3.74. The molecule has 0 saturated heterocycles. The van der Waals surface area contributed by atoms with Crippen molar-refractivity contribution in [3.63, 3.8) is 0 Å². The lowest BCUT2D eigenvalue weighted by atomic mass is 10.2. The average Bonchev–Trinajstić information content (AvgIpc) is 2.95. The fraction of sp³-hybridized carbons (Fsp3) is 0.312. The predicted molar refractivity (Wildman–Crippen MR) is 95.0 cm³/mol. The van der Waals surface area contributed by atoms with E-state index in [9.17, 15) is 13.2 Å². The number of rotatable bonds is 6. The molecule has 0 aliphatic heterocycles. The molecule has 0 bridgehead atoms. The Morgan fingerprint density at radius 1 is 1.20 bits per heavy atom. The maximum Gasteiger partial charge on any atom is 0.298 e. The Kier molecular flexibility index (Phi) is 4.58. The Bertz CT molecular complexity index is 1050. The zero-order valence-electron chi connectivity index (χ0n) is 14.0. The smallest absolute Gasteiger partial charge is 0.276 e. The molecule has 132 valence electrons. The van der Waals surface area contributed by atoms with Crippen molar-refractivity contribution in [3.8, 4) is 0 Å². The van der Waals surface area contributed by atoms with Crippen LogP contribution in [0.25, 0.3) is 5.78 Å². The quantitative estimate of drug-likeness (QED) is 0.693. The number of nitrogens with one attached hydrogen (secondary N) is 2. The standard InChI is InChI=1S/C16H19N5O3S/c1-3-7-13-18-16-17-11(2)14(15(22)21(16)19-13)20-25(23,24)10-12-8-5-4-6-9-12/h4-6,8-9,20H,3,7,10H2,1-2H3,(H,17,18,19). The number of H-pyrrole nitrogens is 1. The third-order valence-corrected chi connectivity index (χ3v) is 4.89. The van der Waals surface area contributed by atoms with Gasteiger partial charge >= 0.3 is 0 Å². The van der Waals surface area contributed by atoms with Gasteiger partial charge in [0, 0.05) is 6.42 Å². The van der Waals surface area contributed by atoms with Gasteiger partial charge in [-0.25, -0.2) is 13.4 Å². The number of aromatic amines is 1. The third-order valence-electron chi connectivity index (χ3n) is 3.67. The SMILES string of the molecule is CCCc1nc2nc(C)c(NS(=O)(=O)Cc3ccccc3)c(=O)n2[nH]1. The lowest BCUT2D eigenvalue weighted by molar-refractivity contribution is 0.600. The van der Waals surface area contributed by atoms with Crippen molar-refractivity contribution in [2.24, 2.45) is 0 Å². The summed E-state index contributed by atoms with van der Waals surface area (Å²) in [5.74, 6) is 0.646. The second-order valence-electron chi connectivity index (χ2n) is 5.78. The summed E-state index contributed by atoms with van der Waals surface area (Å²) >= 11 is 0. The largest absolute Gasteiger partial charge is 0.298 e. The first-order valence-corrected chi connectivity index (χ1v) is 9.57. The molecule has 9 heteroatoms. The summed E-state index contributed by atoms with van der Waals surface area (Å²) < 4.78 is 28.3. The second kappa shape index (κ2) is 6.67. The molecule has 3 aromatic rings. The topological polar surface area (TPSA) is 109 Å². The Morgan fingerprint density at radius 3 is 2.60 bits per heavy atom. The highest BCUT2D eigenvalue weighted by Gasteiger charge is 2.19. The molecule has 0 spiro atoms. The molecule has 0 atom stereocenters. The number of nitrogens with zero attached hydrogens (tertiary/aromatic N) is 3. The van der Waals surface area contributed by atoms with Gasteiger partial charge in [0.15, 0.2) is 0 Å². The predicted octanol–water partition coefficient (Wildman–Crippen LogP) is 1.62. The van der Waals surface area contributed by atoms with E-state index in [1.807, 2.05) is 13.0 Å². The summed E-state index contributed by atoms with van der Waals surface area (Å²) in [6, 6.07) is 8.76. The Labute approximate surface area is 145 Å². The van der Waals surface area contributed by atoms with Crippen LogP contribution in [-0.4, -0.2) is 28.0 Å². The van der Waals surface area contributed by atoms with E-state index >= 15 is 0 Å². The maximum absolute atomic E-state index is 12.6. The van der Waals surface area contributed by atoms with Gasteiger partial charge in [-0.3, -0.25) is 14.6 Å². The van der Waals surface area contributed by atoms with Crippen molar-refractivity contribution >= 4 is 21.5 Å². The van der Waals surface area contributed by atoms with Crippen molar-refractivity contribution in [1.29, 1.82) is 0 Å². The lowest BCUT2D eigenvalue weighted by Gasteiger charge is -2.09. The summed E-state index contributed by atoms with van der Waals surface area (Å²) in [5, 5.41) is 2.86. The second-order valence-corrected chi connectivity index (χ2v) is 7.50. The number of anilines is 1. The van der Waals surface area contributed by atoms with Crippen LogP contribution in [-0.2, 0) is 22.2 Å². The highest BCUT2D eigenvalue weighted by molar-refractivity contribution is 7.91. The van der Waals surface area contributed by atoms with E-state index < -0.39 is 15.6 Å². The van der Waals surface area contributed by atoms with Gasteiger partial charge in [0.05, 0.1) is 11.4 Å². The summed E-state index contributed by atoms with van der Waals surface area (Å²) in [4.78, 5) is 21.1. The Morgan fingerprint density at radius 2 is 1.92 bits per heavy atom. The van der Waals surface area contributed by atoms with Crippen LogP contribution in [0.15, 0.2) is 35.1 Å². The molecular formula is C16H19N5O3S. The van der Waals surface area contributed by atoms with Gasteiger partial charge in [-0.1, -0.05) is 37.3 Å². The summed E-state index contributed by atoms with van der Waals surface area (Å²) in [6.07, 6.45) is 1.54. The zero-order chi connectivity index (χ0) is 18.0. The molecular weight excluding hydrogens is 342 g/mol. The zero-order valence-corrected chi connectivity index (χ0v) is 14.8. The van der Waals surface area contributed by atoms with Crippen LogP contribution in [0.2, 0.25) is 0 Å². The minimum absolute atomic E-state index is 0.0693. The molecule has 25 heavy (non-hydrogen) atoms. The summed E-state index contributed by atoms with van der Waals surface area (Å²) in [7, 11) is -3.74. The molecule has 3 rings (SSSR count). The first kappa shape index (κ1) is 17.2. The number of benzene rings is 1. The molecule has 0 aliphatic rings. The van der Waals surface area contributed by atoms with Gasteiger partial charge in [-0.2, -0.15) is 9.50 Å². The van der Waals surface area contributed by atoms with Crippen LogP contribution in [0.1, 0.15) is 30.4 Å². The molecule has 8 nitrogen and oxygen atoms in total. The molecule has 0 unspecified atom stereocenters. The van der Waals surface area contributed by atoms with E-state index in [4.69, 9.17) is 0 Å². The molecule has 0 amide bonds. The molecule has 0 aliphatic carbocycles. The third kappa shape index (κ3) is 3.71. The van der Waals surface area contributed by atoms with Crippen LogP contribution in [0, 0.1) is 6.92 Å². The van der Waals surface area contributed by atoms with Crippen LogP contribution < -0.4 is 10.3 Å². The molecule has 0 saturated carbocycles. The molecule has 0 radical (unpaired) electrons. The van der Waals surface area contributed by atoms with Crippen molar-refractivity contribution in [2.45, 2.75) is 32.4 Å². The maximum atomic E-state index is 12.6. The molecule has 2 N–H and O–H groups in total. The van der Waals surface area contributed by atoms with E-state index in [-0.39, 0.29) is 22.9 Å². The normalized spacial score (nSPS) is 11.8. The molecule has 2 aromatic heterocycles. The lowest BCUT2D eigenvalue weighted by Crippen LogP contribution is -2.26. The molecule has 1 aromatic carbocycles. The van der Waals surface area contributed by atoms with Crippen molar-refractivity contribution in [1.82, 2.24) is 19.6 Å². The van der Waals surface area contributed by atoms with Gasteiger partial charge in [-0.05, 0) is 18.9 Å². The van der Waals surface area contributed by atoms with Gasteiger partial charge in [0.1, 0.15) is 11.5 Å². The first-order chi connectivity index (χ1) is 11.9. The van der Waals surface area contributed by atoms with Crippen LogP contribution >= 0.6 is 0 Å². The van der Waals surface area contributed by atoms with Gasteiger partial charge < -0.3 is 0 Å². The van der Waals surface area contributed by atoms with Crippen molar-refractivity contribution < 1.29 is 8.42 Å². The minimum Gasteiger partial charge on any atom is -0.276 e. The molecule has 0 fully saturated rings. The summed E-state index contributed by atoms with van der Waals surface area (Å²) in [5.41, 5.74) is 0.332. The Balaban J connectivity index is 1.96. The van der Waals surface area contributed by atoms with E-state index in [2.05, 4.69) is 19.8 Å². The highest BCUT2D eigenvalue weighted by atomic mass is 32.2. The Hall–Kier alpha value is -2.68. The average molecular weight is 361 g/mol. The van der Waals surface area contributed by atoms with Crippen molar-refractivity contribution in [3.05, 3.63) is 57.8 Å². The van der Waals surface area contributed by atoms with E-state index in [0.29, 0.717) is 17.8 Å². The van der Waals surface area contributed by atoms with Gasteiger partial charge in [0.2, 0.25) is 10.0 Å². The number of hydrogen-bond acceptors (Lipinski definition) is 5. The van der Waals surface area contributed by atoms with Gasteiger partial charge in [0.25, 0.3) is 11.3 Å². The fourth-order valence-electron chi connectivity index (χ4n) is 2.52. The molecule has 2 heterocycles. The first-order valence-electron chi connectivity index (χ1n) is 7.92. The number of sulfonamides is 1. The van der Waals surface area contributed by atoms with E-state index in [0.717, 1.165) is 6.42 Å². The number of hydrogen-bond donors (Lipinski definition) is 2. The van der Waals surface area contributed by atoms with Crippen LogP contribution in [0.3, 0.4) is 0 Å². The highest BCUT2D eigenvalue weighted by Crippen LogP contribution is 2.13. The van der Waals surface area contributed by atoms with Crippen LogP contribution in [0.4, 0.5) is 5.69 Å². The van der Waals surface area contributed by atoms with Crippen LogP contribution in [0.5, 0.6) is 0 Å². The monoisotopic (exact) mass is 361 g/mol. The van der Waals surface area contributed by atoms with Crippen molar-refractivity contribution in [2.75, 3.05) is 4.72 Å².